The number of anilines is 1. The van der Waals surface area contributed by atoms with Crippen molar-refractivity contribution in [2.75, 3.05) is 5.32 Å². The van der Waals surface area contributed by atoms with Crippen molar-refractivity contribution in [3.8, 4) is 0 Å². The Labute approximate surface area is 124 Å². The van der Waals surface area contributed by atoms with Gasteiger partial charge in [0, 0.05) is 30.4 Å². The van der Waals surface area contributed by atoms with E-state index in [0.29, 0.717) is 17.1 Å². The first-order valence-electron chi connectivity index (χ1n) is 7.39. The van der Waals surface area contributed by atoms with Crippen LogP contribution in [0.25, 0.3) is 0 Å². The van der Waals surface area contributed by atoms with Gasteiger partial charge in [-0.3, -0.25) is 9.78 Å². The monoisotopic (exact) mass is 293 g/mol. The van der Waals surface area contributed by atoms with Crippen LogP contribution in [0.15, 0.2) is 18.5 Å². The molecule has 1 heterocycles. The first kappa shape index (κ1) is 13.7. The molecule has 0 saturated heterocycles. The number of aromatic nitrogens is 1. The van der Waals surface area contributed by atoms with Crippen LogP contribution < -0.4 is 10.6 Å². The fourth-order valence-corrected chi connectivity index (χ4v) is 2.99. The Balaban J connectivity index is 1.57. The topological polar surface area (TPSA) is 54.0 Å². The van der Waals surface area contributed by atoms with Crippen molar-refractivity contribution in [2.24, 2.45) is 5.92 Å². The van der Waals surface area contributed by atoms with E-state index in [9.17, 15) is 4.79 Å². The molecule has 0 radical (unpaired) electrons. The van der Waals surface area contributed by atoms with Gasteiger partial charge in [0.1, 0.15) is 0 Å². The van der Waals surface area contributed by atoms with Gasteiger partial charge in [0.05, 0.1) is 10.7 Å². The van der Waals surface area contributed by atoms with E-state index in [2.05, 4.69) is 15.6 Å². The van der Waals surface area contributed by atoms with Crippen molar-refractivity contribution in [3.05, 3.63) is 23.5 Å². The minimum absolute atomic E-state index is 0.141. The Morgan fingerprint density at radius 3 is 2.85 bits per heavy atom. The molecule has 0 spiro atoms. The Hall–Kier alpha value is -1.29. The molecule has 2 N–H and O–H groups in total. The van der Waals surface area contributed by atoms with Crippen molar-refractivity contribution in [1.29, 1.82) is 0 Å². The molecular weight excluding hydrogens is 274 g/mol. The van der Waals surface area contributed by atoms with E-state index >= 15 is 0 Å². The number of nitrogens with zero attached hydrogens (tertiary/aromatic N) is 1. The maximum absolute atomic E-state index is 12.1. The Morgan fingerprint density at radius 2 is 2.10 bits per heavy atom. The van der Waals surface area contributed by atoms with Gasteiger partial charge in [-0.05, 0) is 38.2 Å². The van der Waals surface area contributed by atoms with Crippen LogP contribution in [-0.2, 0) is 4.79 Å². The summed E-state index contributed by atoms with van der Waals surface area (Å²) in [5.41, 5.74) is 0.912. The summed E-state index contributed by atoms with van der Waals surface area (Å²) < 4.78 is 0. The number of amides is 1. The van der Waals surface area contributed by atoms with Gasteiger partial charge in [0.15, 0.2) is 0 Å². The number of carbonyl (C=O) groups excluding carboxylic acids is 1. The summed E-state index contributed by atoms with van der Waals surface area (Å²) in [6.07, 6.45) is 9.73. The number of hydrogen-bond acceptors (Lipinski definition) is 3. The highest BCUT2D eigenvalue weighted by molar-refractivity contribution is 6.33. The van der Waals surface area contributed by atoms with Crippen LogP contribution in [-0.4, -0.2) is 23.0 Å². The summed E-state index contributed by atoms with van der Waals surface area (Å²) in [6, 6.07) is 2.65. The number of halogens is 1. The van der Waals surface area contributed by atoms with Crippen molar-refractivity contribution in [2.45, 2.75) is 50.6 Å². The van der Waals surface area contributed by atoms with Crippen LogP contribution in [0, 0.1) is 5.92 Å². The molecule has 0 aliphatic heterocycles. The minimum Gasteiger partial charge on any atom is -0.381 e. The molecule has 3 rings (SSSR count). The molecule has 2 atom stereocenters. The van der Waals surface area contributed by atoms with E-state index in [4.69, 9.17) is 11.6 Å². The molecule has 1 aromatic heterocycles. The minimum atomic E-state index is 0.141. The number of rotatable bonds is 4. The number of nitrogens with one attached hydrogen (secondary N) is 2. The molecule has 4 nitrogen and oxygen atoms in total. The fourth-order valence-electron chi connectivity index (χ4n) is 2.82. The third-order valence-electron chi connectivity index (χ3n) is 4.10. The van der Waals surface area contributed by atoms with Gasteiger partial charge in [0.2, 0.25) is 5.91 Å². The lowest BCUT2D eigenvalue weighted by Gasteiger charge is -2.30. The van der Waals surface area contributed by atoms with Crippen LogP contribution in [0.2, 0.25) is 5.02 Å². The SMILES string of the molecule is O=C(NC1CC1)[C@H]1CCC[C@H](Nc2ccncc2Cl)C1. The van der Waals surface area contributed by atoms with Gasteiger partial charge in [-0.1, -0.05) is 18.0 Å². The van der Waals surface area contributed by atoms with Crippen molar-refractivity contribution in [1.82, 2.24) is 10.3 Å². The third kappa shape index (κ3) is 3.42. The lowest BCUT2D eigenvalue weighted by atomic mass is 9.85. The zero-order valence-corrected chi connectivity index (χ0v) is 12.2. The molecule has 108 valence electrons. The second-order valence-corrected chi connectivity index (χ2v) is 6.25. The summed E-state index contributed by atoms with van der Waals surface area (Å²) >= 11 is 6.12. The lowest BCUT2D eigenvalue weighted by Crippen LogP contribution is -2.38. The van der Waals surface area contributed by atoms with Crippen molar-refractivity contribution < 1.29 is 4.79 Å². The Morgan fingerprint density at radius 1 is 1.25 bits per heavy atom. The van der Waals surface area contributed by atoms with E-state index in [1.165, 1.54) is 0 Å². The summed E-state index contributed by atoms with van der Waals surface area (Å²) in [6.45, 7) is 0. The number of pyridine rings is 1. The summed E-state index contributed by atoms with van der Waals surface area (Å²) in [7, 11) is 0. The van der Waals surface area contributed by atoms with Gasteiger partial charge in [-0.25, -0.2) is 0 Å². The molecule has 0 unspecified atom stereocenters. The number of carbonyl (C=O) groups is 1. The van der Waals surface area contributed by atoms with Gasteiger partial charge in [-0.2, -0.15) is 0 Å². The molecule has 20 heavy (non-hydrogen) atoms. The molecule has 0 bridgehead atoms. The molecular formula is C15H20ClN3O. The zero-order valence-electron chi connectivity index (χ0n) is 11.4. The highest BCUT2D eigenvalue weighted by atomic mass is 35.5. The van der Waals surface area contributed by atoms with Crippen molar-refractivity contribution >= 4 is 23.2 Å². The van der Waals surface area contributed by atoms with E-state index in [0.717, 1.165) is 44.2 Å². The van der Waals surface area contributed by atoms with Gasteiger partial charge >= 0.3 is 0 Å². The Bertz CT molecular complexity index is 490. The zero-order chi connectivity index (χ0) is 13.9. The van der Waals surface area contributed by atoms with Crippen LogP contribution >= 0.6 is 11.6 Å². The van der Waals surface area contributed by atoms with Gasteiger partial charge in [-0.15, -0.1) is 0 Å². The third-order valence-corrected chi connectivity index (χ3v) is 4.40. The smallest absolute Gasteiger partial charge is 0.223 e. The molecule has 2 aliphatic rings. The predicted octanol–water partition coefficient (Wildman–Crippen LogP) is 2.98. The summed E-state index contributed by atoms with van der Waals surface area (Å²) in [5.74, 6) is 0.377. The van der Waals surface area contributed by atoms with E-state index in [-0.39, 0.29) is 11.8 Å². The maximum atomic E-state index is 12.1. The first-order chi connectivity index (χ1) is 9.72. The van der Waals surface area contributed by atoms with Crippen LogP contribution in [0.4, 0.5) is 5.69 Å². The fraction of sp³-hybridized carbons (Fsp3) is 0.600. The molecule has 5 heteroatoms. The van der Waals surface area contributed by atoms with E-state index < -0.39 is 0 Å². The second kappa shape index (κ2) is 6.00. The largest absolute Gasteiger partial charge is 0.381 e. The quantitative estimate of drug-likeness (QED) is 0.897. The molecule has 2 aliphatic carbocycles. The maximum Gasteiger partial charge on any atom is 0.223 e. The second-order valence-electron chi connectivity index (χ2n) is 5.84. The average Bonchev–Trinajstić information content (AvgIpc) is 3.26. The van der Waals surface area contributed by atoms with Gasteiger partial charge < -0.3 is 10.6 Å². The molecule has 1 amide bonds. The van der Waals surface area contributed by atoms with E-state index in [1.807, 2.05) is 6.07 Å². The molecule has 2 saturated carbocycles. The average molecular weight is 294 g/mol. The predicted molar refractivity (Wildman–Crippen MR) is 79.8 cm³/mol. The molecule has 2 fully saturated rings. The molecule has 1 aromatic rings. The normalized spacial score (nSPS) is 26.1. The van der Waals surface area contributed by atoms with E-state index in [1.54, 1.807) is 12.4 Å². The summed E-state index contributed by atoms with van der Waals surface area (Å²) in [5, 5.41) is 7.20. The summed E-state index contributed by atoms with van der Waals surface area (Å²) in [4.78, 5) is 16.1. The molecule has 0 aromatic carbocycles. The lowest BCUT2D eigenvalue weighted by molar-refractivity contribution is -0.126. The van der Waals surface area contributed by atoms with Gasteiger partial charge in [0.25, 0.3) is 0 Å². The van der Waals surface area contributed by atoms with Crippen LogP contribution in [0.3, 0.4) is 0 Å². The Kier molecular flexibility index (Phi) is 4.10. The standard InChI is InChI=1S/C15H20ClN3O/c16-13-9-17-7-6-14(13)18-12-3-1-2-10(8-12)15(20)19-11-4-5-11/h6-7,9-12H,1-5,8H2,(H,17,18)(H,19,20)/t10-,12-/m0/s1. The first-order valence-corrected chi connectivity index (χ1v) is 7.76. The van der Waals surface area contributed by atoms with Crippen LogP contribution in [0.5, 0.6) is 0 Å². The van der Waals surface area contributed by atoms with Crippen LogP contribution in [0.1, 0.15) is 38.5 Å². The highest BCUT2D eigenvalue weighted by Crippen LogP contribution is 2.30. The highest BCUT2D eigenvalue weighted by Gasteiger charge is 2.31. The number of hydrogen-bond donors (Lipinski definition) is 2. The van der Waals surface area contributed by atoms with Crippen molar-refractivity contribution in [3.63, 3.8) is 0 Å².